The number of Topliss-reactive ketones (excluding diaryl/α,β-unsaturated/α-hetero) is 2. The molecule has 2 rings (SSSR count). The summed E-state index contributed by atoms with van der Waals surface area (Å²) in [6.45, 7) is 7.58. The molecule has 1 N–H and O–H groups in total. The van der Waals surface area contributed by atoms with Crippen molar-refractivity contribution in [1.29, 1.82) is 0 Å². The molecule has 1 aromatic carbocycles. The van der Waals surface area contributed by atoms with Crippen LogP contribution in [-0.4, -0.2) is 23.0 Å². The minimum absolute atomic E-state index is 0.0221. The van der Waals surface area contributed by atoms with Gasteiger partial charge >= 0.3 is 0 Å². The summed E-state index contributed by atoms with van der Waals surface area (Å²) in [5, 5.41) is 10.3. The number of aliphatic hydroxyl groups excluding tert-OH is 1. The topological polar surface area (TPSA) is 71.4 Å². The van der Waals surface area contributed by atoms with Crippen molar-refractivity contribution in [1.82, 2.24) is 0 Å². The monoisotopic (exact) mass is 328 g/mol. The van der Waals surface area contributed by atoms with E-state index in [0.717, 1.165) is 28.5 Å². The second-order valence-corrected chi connectivity index (χ2v) is 6.60. The van der Waals surface area contributed by atoms with Crippen LogP contribution in [0.15, 0.2) is 17.4 Å². The second kappa shape index (κ2) is 7.12. The van der Waals surface area contributed by atoms with Gasteiger partial charge in [0.05, 0.1) is 5.57 Å². The number of aldehydes is 1. The molecule has 0 spiro atoms. The number of ketones is 2. The van der Waals surface area contributed by atoms with E-state index in [1.807, 2.05) is 33.8 Å². The van der Waals surface area contributed by atoms with Crippen LogP contribution in [0.25, 0.3) is 0 Å². The van der Waals surface area contributed by atoms with Crippen LogP contribution in [0.3, 0.4) is 0 Å². The van der Waals surface area contributed by atoms with Gasteiger partial charge in [0, 0.05) is 24.8 Å². The number of hydrogen-bond donors (Lipinski definition) is 1. The second-order valence-electron chi connectivity index (χ2n) is 6.60. The lowest BCUT2D eigenvalue weighted by molar-refractivity contribution is -0.122. The van der Waals surface area contributed by atoms with E-state index in [1.54, 1.807) is 0 Å². The maximum atomic E-state index is 12.4. The summed E-state index contributed by atoms with van der Waals surface area (Å²) in [7, 11) is 0. The van der Waals surface area contributed by atoms with E-state index in [2.05, 4.69) is 0 Å². The lowest BCUT2D eigenvalue weighted by Gasteiger charge is -2.27. The van der Waals surface area contributed by atoms with Gasteiger partial charge < -0.3 is 5.11 Å². The Bertz CT molecular complexity index is 740. The fourth-order valence-electron chi connectivity index (χ4n) is 3.79. The summed E-state index contributed by atoms with van der Waals surface area (Å²) in [6.07, 6.45) is 2.21. The molecular formula is C20H24O4. The maximum Gasteiger partial charge on any atom is 0.170 e. The molecule has 0 amide bonds. The first-order valence-corrected chi connectivity index (χ1v) is 8.36. The average Bonchev–Trinajstić information content (AvgIpc) is 2.46. The Morgan fingerprint density at radius 2 is 1.92 bits per heavy atom. The van der Waals surface area contributed by atoms with E-state index in [1.165, 1.54) is 0 Å². The van der Waals surface area contributed by atoms with Gasteiger partial charge in [0.2, 0.25) is 0 Å². The van der Waals surface area contributed by atoms with Crippen LogP contribution in [0.4, 0.5) is 0 Å². The third-order valence-electron chi connectivity index (χ3n) is 4.81. The Balaban J connectivity index is 2.46. The highest BCUT2D eigenvalue weighted by Crippen LogP contribution is 2.38. The molecule has 1 unspecified atom stereocenters. The van der Waals surface area contributed by atoms with Gasteiger partial charge in [-0.3, -0.25) is 14.4 Å². The highest BCUT2D eigenvalue weighted by atomic mass is 16.3. The first kappa shape index (κ1) is 18.1. The van der Waals surface area contributed by atoms with Gasteiger partial charge in [-0.15, -0.1) is 0 Å². The minimum atomic E-state index is -0.297. The van der Waals surface area contributed by atoms with Gasteiger partial charge in [-0.1, -0.05) is 13.0 Å². The Labute approximate surface area is 142 Å². The predicted octanol–water partition coefficient (Wildman–Crippen LogP) is 4.05. The average molecular weight is 328 g/mol. The van der Waals surface area contributed by atoms with Crippen LogP contribution in [0.5, 0.6) is 0 Å². The van der Waals surface area contributed by atoms with Gasteiger partial charge in [0.1, 0.15) is 5.76 Å². The summed E-state index contributed by atoms with van der Waals surface area (Å²) in [6, 6.07) is 1.94. The van der Waals surface area contributed by atoms with Crippen LogP contribution in [0, 0.1) is 20.8 Å². The lowest BCUT2D eigenvalue weighted by atomic mass is 9.77. The lowest BCUT2D eigenvalue weighted by Crippen LogP contribution is -2.24. The molecule has 1 aliphatic rings. The van der Waals surface area contributed by atoms with Gasteiger partial charge in [0.15, 0.2) is 17.9 Å². The summed E-state index contributed by atoms with van der Waals surface area (Å²) < 4.78 is 0. The van der Waals surface area contributed by atoms with Crippen molar-refractivity contribution in [2.24, 2.45) is 0 Å². The zero-order valence-electron chi connectivity index (χ0n) is 14.7. The number of carbonyl (C=O) groups is 3. The molecule has 128 valence electrons. The summed E-state index contributed by atoms with van der Waals surface area (Å²) in [5.74, 6) is -0.879. The van der Waals surface area contributed by atoms with Gasteiger partial charge in [0.25, 0.3) is 0 Å². The number of aryl methyl sites for hydroxylation is 2. The van der Waals surface area contributed by atoms with Crippen molar-refractivity contribution >= 4 is 17.9 Å². The number of rotatable bonds is 5. The van der Waals surface area contributed by atoms with Crippen molar-refractivity contribution in [3.05, 3.63) is 45.2 Å². The zero-order chi connectivity index (χ0) is 18.0. The smallest absolute Gasteiger partial charge is 0.170 e. The zero-order valence-corrected chi connectivity index (χ0v) is 14.7. The molecule has 0 heterocycles. The molecule has 0 saturated heterocycles. The molecule has 1 aromatic rings. The van der Waals surface area contributed by atoms with Crippen molar-refractivity contribution in [2.45, 2.75) is 59.3 Å². The Morgan fingerprint density at radius 1 is 1.25 bits per heavy atom. The number of carbonyl (C=O) groups excluding carboxylic acids is 3. The molecule has 0 radical (unpaired) electrons. The van der Waals surface area contributed by atoms with E-state index >= 15 is 0 Å². The summed E-state index contributed by atoms with van der Waals surface area (Å²) in [5.41, 5.74) is 4.32. The molecule has 1 atom stereocenters. The van der Waals surface area contributed by atoms with Crippen LogP contribution in [0.2, 0.25) is 0 Å². The standard InChI is InChI=1S/C20H24O4/c1-5-6-16(22)20-17(23)8-14(9-18(20)24)19-12(3)7-11(2)15(10-21)13(19)4/h7,10,14,23H,5-6,8-9H2,1-4H3. The fourth-order valence-corrected chi connectivity index (χ4v) is 3.79. The van der Waals surface area contributed by atoms with Crippen LogP contribution < -0.4 is 0 Å². The van der Waals surface area contributed by atoms with Crippen LogP contribution in [-0.2, 0) is 9.59 Å². The molecular weight excluding hydrogens is 304 g/mol. The normalized spacial score (nSPS) is 18.0. The van der Waals surface area contributed by atoms with E-state index in [-0.39, 0.29) is 48.1 Å². The van der Waals surface area contributed by atoms with Gasteiger partial charge in [-0.2, -0.15) is 0 Å². The molecule has 0 fully saturated rings. The Kier molecular flexibility index (Phi) is 5.37. The highest BCUT2D eigenvalue weighted by molar-refractivity contribution is 6.21. The number of benzene rings is 1. The molecule has 0 aromatic heterocycles. The molecule has 0 saturated carbocycles. The SMILES string of the molecule is CCCC(=O)C1=C(O)CC(c2c(C)cc(C)c(C=O)c2C)CC1=O. The minimum Gasteiger partial charge on any atom is -0.511 e. The molecule has 24 heavy (non-hydrogen) atoms. The maximum absolute atomic E-state index is 12.4. The quantitative estimate of drug-likeness (QED) is 0.654. The van der Waals surface area contributed by atoms with E-state index in [4.69, 9.17) is 0 Å². The van der Waals surface area contributed by atoms with Crippen molar-refractivity contribution in [3.63, 3.8) is 0 Å². The summed E-state index contributed by atoms with van der Waals surface area (Å²) in [4.78, 5) is 35.9. The third kappa shape index (κ3) is 3.18. The number of aliphatic hydroxyl groups is 1. The van der Waals surface area contributed by atoms with Crippen molar-refractivity contribution in [3.8, 4) is 0 Å². The van der Waals surface area contributed by atoms with Crippen molar-refractivity contribution in [2.75, 3.05) is 0 Å². The first-order valence-electron chi connectivity index (χ1n) is 8.36. The molecule has 4 nitrogen and oxygen atoms in total. The van der Waals surface area contributed by atoms with E-state index in [0.29, 0.717) is 12.0 Å². The molecule has 1 aliphatic carbocycles. The third-order valence-corrected chi connectivity index (χ3v) is 4.81. The van der Waals surface area contributed by atoms with Gasteiger partial charge in [-0.05, 0) is 55.4 Å². The molecule has 4 heteroatoms. The van der Waals surface area contributed by atoms with Crippen molar-refractivity contribution < 1.29 is 19.5 Å². The molecule has 0 bridgehead atoms. The van der Waals surface area contributed by atoms with E-state index in [9.17, 15) is 19.5 Å². The highest BCUT2D eigenvalue weighted by Gasteiger charge is 2.33. The first-order chi connectivity index (χ1) is 11.3. The van der Waals surface area contributed by atoms with Crippen LogP contribution >= 0.6 is 0 Å². The largest absolute Gasteiger partial charge is 0.511 e. The Hall–Kier alpha value is -2.23. The molecule has 0 aliphatic heterocycles. The van der Waals surface area contributed by atoms with E-state index < -0.39 is 0 Å². The Morgan fingerprint density at radius 3 is 2.46 bits per heavy atom. The predicted molar refractivity (Wildman–Crippen MR) is 92.6 cm³/mol. The summed E-state index contributed by atoms with van der Waals surface area (Å²) >= 11 is 0. The van der Waals surface area contributed by atoms with Crippen LogP contribution in [0.1, 0.15) is 71.1 Å². The van der Waals surface area contributed by atoms with Gasteiger partial charge in [-0.25, -0.2) is 0 Å². The fraction of sp³-hybridized carbons (Fsp3) is 0.450. The number of allylic oxidation sites excluding steroid dienone is 2. The number of hydrogen-bond acceptors (Lipinski definition) is 4.